The number of aromatic amines is 1. The van der Waals surface area contributed by atoms with Gasteiger partial charge in [-0.1, -0.05) is 0 Å². The van der Waals surface area contributed by atoms with E-state index >= 15 is 0 Å². The molecule has 4 N–H and O–H groups in total. The van der Waals surface area contributed by atoms with E-state index in [9.17, 15) is 18.0 Å². The van der Waals surface area contributed by atoms with E-state index in [4.69, 9.17) is 5.73 Å². The number of nitrogens with one attached hydrogen (secondary N) is 2. The Bertz CT molecular complexity index is 332. The van der Waals surface area contributed by atoms with Crippen LogP contribution >= 0.6 is 0 Å². The fourth-order valence-electron chi connectivity index (χ4n) is 0.761. The molecule has 8 heteroatoms. The number of H-pyrrole nitrogens is 1. The Kier molecular flexibility index (Phi) is 2.63. The molecule has 1 amide bonds. The third-order valence-electron chi connectivity index (χ3n) is 1.29. The summed E-state index contributed by atoms with van der Waals surface area (Å²) in [5.41, 5.74) is 5.35. The van der Waals surface area contributed by atoms with Crippen LogP contribution in [0.5, 0.6) is 0 Å². The van der Waals surface area contributed by atoms with Gasteiger partial charge in [0.1, 0.15) is 6.42 Å². The first kappa shape index (κ1) is 10.4. The maximum atomic E-state index is 11.7. The zero-order valence-electron chi connectivity index (χ0n) is 6.85. The van der Waals surface area contributed by atoms with E-state index in [-0.39, 0.29) is 11.5 Å². The maximum Gasteiger partial charge on any atom is 0.397 e. The van der Waals surface area contributed by atoms with Gasteiger partial charge in [0, 0.05) is 0 Å². The van der Waals surface area contributed by atoms with Crippen LogP contribution in [0.3, 0.4) is 0 Å². The van der Waals surface area contributed by atoms with Crippen molar-refractivity contribution in [2.75, 3.05) is 11.1 Å². The summed E-state index contributed by atoms with van der Waals surface area (Å²) >= 11 is 0. The number of hydrogen-bond donors (Lipinski definition) is 3. The lowest BCUT2D eigenvalue weighted by Crippen LogP contribution is -2.21. The van der Waals surface area contributed by atoms with Crippen molar-refractivity contribution in [1.82, 2.24) is 10.2 Å². The molecule has 0 aromatic carbocycles. The van der Waals surface area contributed by atoms with Crippen LogP contribution in [0.2, 0.25) is 0 Å². The smallest absolute Gasteiger partial charge is 0.394 e. The molecule has 1 aromatic heterocycles. The predicted molar refractivity (Wildman–Crippen MR) is 42.3 cm³/mol. The average molecular weight is 208 g/mol. The molecule has 0 aliphatic rings. The van der Waals surface area contributed by atoms with Crippen LogP contribution in [-0.2, 0) is 4.79 Å². The number of nitrogens with zero attached hydrogens (tertiary/aromatic N) is 1. The summed E-state index contributed by atoms with van der Waals surface area (Å²) < 4.78 is 35.2. The number of nitrogen functional groups attached to an aromatic ring is 1. The number of anilines is 2. The SMILES string of the molecule is Nc1cn[nH]c1NC(=O)CC(F)(F)F. The molecule has 0 saturated carbocycles. The normalized spacial score (nSPS) is 11.4. The first-order valence-corrected chi connectivity index (χ1v) is 3.54. The second kappa shape index (κ2) is 3.56. The van der Waals surface area contributed by atoms with Gasteiger partial charge in [-0.05, 0) is 0 Å². The highest BCUT2D eigenvalue weighted by atomic mass is 19.4. The molecular formula is C6H7F3N4O. The standard InChI is InChI=1S/C6H7F3N4O/c7-6(8,9)1-4(14)12-5-3(10)2-11-13-5/h2H,1,10H2,(H2,11,12,13,14). The van der Waals surface area contributed by atoms with Gasteiger partial charge in [0.15, 0.2) is 5.82 Å². The van der Waals surface area contributed by atoms with Crippen LogP contribution in [0.1, 0.15) is 6.42 Å². The van der Waals surface area contributed by atoms with Gasteiger partial charge in [-0.2, -0.15) is 18.3 Å². The second-order valence-electron chi connectivity index (χ2n) is 2.54. The molecule has 1 aromatic rings. The molecule has 0 unspecified atom stereocenters. The molecule has 5 nitrogen and oxygen atoms in total. The molecule has 0 bridgehead atoms. The van der Waals surface area contributed by atoms with Gasteiger partial charge >= 0.3 is 6.18 Å². The van der Waals surface area contributed by atoms with Crippen LogP contribution in [-0.4, -0.2) is 22.3 Å². The molecule has 78 valence electrons. The summed E-state index contributed by atoms with van der Waals surface area (Å²) in [6.45, 7) is 0. The van der Waals surface area contributed by atoms with E-state index in [2.05, 4.69) is 10.2 Å². The van der Waals surface area contributed by atoms with E-state index in [1.165, 1.54) is 6.20 Å². The van der Waals surface area contributed by atoms with Gasteiger partial charge in [0.25, 0.3) is 0 Å². The molecule has 0 radical (unpaired) electrons. The lowest BCUT2D eigenvalue weighted by molar-refractivity contribution is -0.150. The Morgan fingerprint density at radius 2 is 2.29 bits per heavy atom. The maximum absolute atomic E-state index is 11.7. The quantitative estimate of drug-likeness (QED) is 0.674. The van der Waals surface area contributed by atoms with Gasteiger partial charge in [0.05, 0.1) is 11.9 Å². The number of carbonyl (C=O) groups is 1. The summed E-state index contributed by atoms with van der Waals surface area (Å²) in [4.78, 5) is 10.7. The van der Waals surface area contributed by atoms with Gasteiger partial charge in [-0.25, -0.2) is 0 Å². The number of hydrogen-bond acceptors (Lipinski definition) is 3. The molecule has 1 rings (SSSR count). The van der Waals surface area contributed by atoms with Crippen molar-refractivity contribution >= 4 is 17.4 Å². The van der Waals surface area contributed by atoms with E-state index in [0.29, 0.717) is 0 Å². The van der Waals surface area contributed by atoms with Crippen LogP contribution in [0.25, 0.3) is 0 Å². The minimum atomic E-state index is -4.53. The second-order valence-corrected chi connectivity index (χ2v) is 2.54. The number of amides is 1. The summed E-state index contributed by atoms with van der Waals surface area (Å²) in [6, 6.07) is 0. The molecule has 0 aliphatic heterocycles. The Morgan fingerprint density at radius 1 is 1.64 bits per heavy atom. The summed E-state index contributed by atoms with van der Waals surface area (Å²) in [6.07, 6.45) is -4.90. The Morgan fingerprint density at radius 3 is 2.71 bits per heavy atom. The molecule has 1 heterocycles. The number of aromatic nitrogens is 2. The van der Waals surface area contributed by atoms with Crippen molar-refractivity contribution in [2.24, 2.45) is 0 Å². The minimum absolute atomic E-state index is 0.0285. The van der Waals surface area contributed by atoms with E-state index in [1.54, 1.807) is 0 Å². The molecule has 0 aliphatic carbocycles. The zero-order chi connectivity index (χ0) is 10.8. The van der Waals surface area contributed by atoms with Crippen LogP contribution in [0, 0.1) is 0 Å². The molecule has 0 saturated heterocycles. The van der Waals surface area contributed by atoms with Crippen molar-refractivity contribution < 1.29 is 18.0 Å². The lowest BCUT2D eigenvalue weighted by Gasteiger charge is -2.06. The predicted octanol–water partition coefficient (Wildman–Crippen LogP) is 0.883. The van der Waals surface area contributed by atoms with Gasteiger partial charge in [-0.15, -0.1) is 0 Å². The van der Waals surface area contributed by atoms with Crippen LogP contribution in [0.4, 0.5) is 24.7 Å². The average Bonchev–Trinajstić information content (AvgIpc) is 2.32. The number of alkyl halides is 3. The fraction of sp³-hybridized carbons (Fsp3) is 0.333. The van der Waals surface area contributed by atoms with E-state index in [0.717, 1.165) is 0 Å². The Balaban J connectivity index is 2.54. The molecule has 0 fully saturated rings. The molecule has 0 spiro atoms. The third kappa shape index (κ3) is 2.96. The van der Waals surface area contributed by atoms with Crippen LogP contribution < -0.4 is 11.1 Å². The fourth-order valence-corrected chi connectivity index (χ4v) is 0.761. The number of rotatable bonds is 2. The van der Waals surface area contributed by atoms with Crippen LogP contribution in [0.15, 0.2) is 6.20 Å². The largest absolute Gasteiger partial charge is 0.397 e. The van der Waals surface area contributed by atoms with E-state index < -0.39 is 18.5 Å². The molecule has 0 atom stereocenters. The van der Waals surface area contributed by atoms with Gasteiger partial charge in [-0.3, -0.25) is 9.89 Å². The monoisotopic (exact) mass is 208 g/mol. The van der Waals surface area contributed by atoms with E-state index in [1.807, 2.05) is 5.32 Å². The Labute approximate surface area is 76.5 Å². The molecular weight excluding hydrogens is 201 g/mol. The first-order valence-electron chi connectivity index (χ1n) is 3.54. The van der Waals surface area contributed by atoms with Gasteiger partial charge < -0.3 is 11.1 Å². The zero-order valence-corrected chi connectivity index (χ0v) is 6.85. The summed E-state index contributed by atoms with van der Waals surface area (Å²) in [5.74, 6) is -1.22. The minimum Gasteiger partial charge on any atom is -0.394 e. The topological polar surface area (TPSA) is 83.8 Å². The first-order chi connectivity index (χ1) is 6.38. The number of carbonyl (C=O) groups excluding carboxylic acids is 1. The summed E-state index contributed by atoms with van der Waals surface area (Å²) in [7, 11) is 0. The Hall–Kier alpha value is -1.73. The van der Waals surface area contributed by atoms with Crippen molar-refractivity contribution in [1.29, 1.82) is 0 Å². The summed E-state index contributed by atoms with van der Waals surface area (Å²) in [5, 5.41) is 7.62. The van der Waals surface area contributed by atoms with Crippen molar-refractivity contribution in [3.8, 4) is 0 Å². The molecule has 14 heavy (non-hydrogen) atoms. The number of nitrogens with two attached hydrogens (primary N) is 1. The highest BCUT2D eigenvalue weighted by molar-refractivity contribution is 5.92. The number of halogens is 3. The van der Waals surface area contributed by atoms with Gasteiger partial charge in [0.2, 0.25) is 5.91 Å². The van der Waals surface area contributed by atoms with Crippen molar-refractivity contribution in [3.05, 3.63) is 6.20 Å². The third-order valence-corrected chi connectivity index (χ3v) is 1.29. The van der Waals surface area contributed by atoms with Crippen molar-refractivity contribution in [2.45, 2.75) is 12.6 Å². The highest BCUT2D eigenvalue weighted by Gasteiger charge is 2.31. The lowest BCUT2D eigenvalue weighted by atomic mass is 10.4. The highest BCUT2D eigenvalue weighted by Crippen LogP contribution is 2.21. The van der Waals surface area contributed by atoms with Crippen molar-refractivity contribution in [3.63, 3.8) is 0 Å².